The molecular weight excluding hydrogens is 588 g/mol. The van der Waals surface area contributed by atoms with Gasteiger partial charge in [0, 0.05) is 52.6 Å². The summed E-state index contributed by atoms with van der Waals surface area (Å²) in [4.78, 5) is 29.9. The molecule has 5 heterocycles. The standard InChI is InChI=1S/C31H36N4O8S/c1-12-6-15-7-17-18(8-32)35-19-9-40-31(38)16(33)10-44-30(24(35)23(34(17)4)20(15)25(37)26(12)39-5)22-21(19)29-28(41-11-42-29)13(2)27(22)43-14(3)36/h6,16-19,22-24,27,30,37H,7,9-11,33H2,1-5H3/t16?,17-,18?,19-,22?,23+,24?,27?,30+/m0/s1. The average Bonchev–Trinajstić information content (AvgIpc) is 3.47. The number of fused-ring (bicyclic) bond motifs is 8. The number of esters is 2. The lowest BCUT2D eigenvalue weighted by Gasteiger charge is -2.64. The van der Waals surface area contributed by atoms with Crippen molar-refractivity contribution in [1.29, 1.82) is 5.26 Å². The number of piperazine rings is 1. The fraction of sp³-hybridized carbons (Fsp3) is 0.581. The van der Waals surface area contributed by atoms with Gasteiger partial charge in [0.1, 0.15) is 24.8 Å². The van der Waals surface area contributed by atoms with Gasteiger partial charge in [0.15, 0.2) is 23.0 Å². The van der Waals surface area contributed by atoms with E-state index in [1.54, 1.807) is 7.11 Å². The number of hydrogen-bond acceptors (Lipinski definition) is 13. The number of hydrogen-bond donors (Lipinski definition) is 2. The normalized spacial score (nSPS) is 36.1. The summed E-state index contributed by atoms with van der Waals surface area (Å²) in [5, 5.41) is 22.2. The number of piperidine rings is 1. The highest BCUT2D eigenvalue weighted by Gasteiger charge is 2.64. The summed E-state index contributed by atoms with van der Waals surface area (Å²) in [5.74, 6) is 0.431. The maximum absolute atomic E-state index is 13.0. The summed E-state index contributed by atoms with van der Waals surface area (Å²) in [7, 11) is 3.54. The maximum atomic E-state index is 13.0. The number of methoxy groups -OCH3 is 1. The zero-order chi connectivity index (χ0) is 31.2. The van der Waals surface area contributed by atoms with Crippen LogP contribution in [0.5, 0.6) is 11.5 Å². The van der Waals surface area contributed by atoms with E-state index in [4.69, 9.17) is 29.4 Å². The molecule has 0 amide bonds. The van der Waals surface area contributed by atoms with Gasteiger partial charge in [-0.05, 0) is 38.4 Å². The Kier molecular flexibility index (Phi) is 7.04. The molecule has 4 bridgehead atoms. The third-order valence-corrected chi connectivity index (χ3v) is 11.7. The zero-order valence-corrected chi connectivity index (χ0v) is 26.1. The van der Waals surface area contributed by atoms with E-state index in [1.165, 1.54) is 18.7 Å². The number of ether oxygens (including phenoxy) is 5. The monoisotopic (exact) mass is 624 g/mol. The highest BCUT2D eigenvalue weighted by atomic mass is 32.2. The van der Waals surface area contributed by atoms with Gasteiger partial charge in [0.25, 0.3) is 0 Å². The zero-order valence-electron chi connectivity index (χ0n) is 25.2. The van der Waals surface area contributed by atoms with Crippen molar-refractivity contribution in [3.05, 3.63) is 45.4 Å². The number of nitrogens with zero attached hydrogens (tertiary/aromatic N) is 3. The Balaban J connectivity index is 1.51. The van der Waals surface area contributed by atoms with Gasteiger partial charge in [-0.1, -0.05) is 6.07 Å². The van der Waals surface area contributed by atoms with Crippen LogP contribution in [0.4, 0.5) is 0 Å². The van der Waals surface area contributed by atoms with E-state index in [-0.39, 0.29) is 48.3 Å². The number of thioether (sulfide) groups is 1. The number of cyclic esters (lactones) is 1. The second kappa shape index (κ2) is 10.6. The predicted octanol–water partition coefficient (Wildman–Crippen LogP) is 1.65. The lowest BCUT2D eigenvalue weighted by atomic mass is 9.66. The molecule has 0 radical (unpaired) electrons. The van der Waals surface area contributed by atoms with Gasteiger partial charge in [-0.2, -0.15) is 17.0 Å². The number of carbonyl (C=O) groups is 2. The summed E-state index contributed by atoms with van der Waals surface area (Å²) >= 11 is 1.50. The van der Waals surface area contributed by atoms with Crippen LogP contribution < -0.4 is 10.5 Å². The Bertz CT molecular complexity index is 1550. The molecule has 0 aromatic heterocycles. The van der Waals surface area contributed by atoms with Gasteiger partial charge < -0.3 is 34.5 Å². The van der Waals surface area contributed by atoms with Crippen molar-refractivity contribution >= 4 is 23.7 Å². The third kappa shape index (κ3) is 4.00. The molecule has 13 heteroatoms. The first-order chi connectivity index (χ1) is 21.1. The van der Waals surface area contributed by atoms with Crippen molar-refractivity contribution in [2.75, 3.05) is 33.3 Å². The molecule has 4 saturated heterocycles. The van der Waals surface area contributed by atoms with Crippen LogP contribution in [0.3, 0.4) is 0 Å². The van der Waals surface area contributed by atoms with Crippen LogP contribution in [0.2, 0.25) is 0 Å². The van der Waals surface area contributed by atoms with Crippen molar-refractivity contribution < 1.29 is 38.4 Å². The van der Waals surface area contributed by atoms with Crippen molar-refractivity contribution in [3.63, 3.8) is 0 Å². The van der Waals surface area contributed by atoms with Crippen LogP contribution in [0, 0.1) is 24.2 Å². The second-order valence-electron chi connectivity index (χ2n) is 12.4. The Morgan fingerprint density at radius 1 is 1.25 bits per heavy atom. The molecule has 1 aliphatic carbocycles. The van der Waals surface area contributed by atoms with Gasteiger partial charge >= 0.3 is 11.9 Å². The number of rotatable bonds is 2. The molecular formula is C31H36N4O8S. The number of nitriles is 1. The van der Waals surface area contributed by atoms with Crippen LogP contribution in [0.1, 0.15) is 36.6 Å². The lowest BCUT2D eigenvalue weighted by Crippen LogP contribution is -2.75. The number of nitrogens with two attached hydrogens (primary N) is 1. The minimum atomic E-state index is -0.867. The number of phenols is 1. The van der Waals surface area contributed by atoms with Crippen LogP contribution in [0.15, 0.2) is 28.7 Å². The molecule has 6 aliphatic rings. The van der Waals surface area contributed by atoms with E-state index >= 15 is 0 Å². The Morgan fingerprint density at radius 2 is 2.00 bits per heavy atom. The summed E-state index contributed by atoms with van der Waals surface area (Å²) in [6, 6.07) is 1.60. The summed E-state index contributed by atoms with van der Waals surface area (Å²) in [6.45, 7) is 5.09. The topological polar surface area (TPSA) is 157 Å². The van der Waals surface area contributed by atoms with Crippen LogP contribution in [-0.2, 0) is 35.0 Å². The average molecular weight is 625 g/mol. The molecule has 9 atom stereocenters. The van der Waals surface area contributed by atoms with Gasteiger partial charge in [-0.25, -0.2) is 0 Å². The predicted molar refractivity (Wildman–Crippen MR) is 157 cm³/mol. The minimum Gasteiger partial charge on any atom is -0.504 e. The first-order valence-electron chi connectivity index (χ1n) is 14.8. The fourth-order valence-corrected chi connectivity index (χ4v) is 10.0. The molecule has 234 valence electrons. The Labute approximate surface area is 259 Å². The molecule has 0 saturated carbocycles. The van der Waals surface area contributed by atoms with Crippen molar-refractivity contribution in [1.82, 2.24) is 9.80 Å². The van der Waals surface area contributed by atoms with Crippen molar-refractivity contribution in [2.24, 2.45) is 11.7 Å². The smallest absolute Gasteiger partial charge is 0.323 e. The molecule has 0 spiro atoms. The molecule has 12 nitrogen and oxygen atoms in total. The number of benzene rings is 1. The minimum absolute atomic E-state index is 0.000300. The fourth-order valence-electron chi connectivity index (χ4n) is 8.46. The SMILES string of the molecule is COc1c(C)cc2c(c1O)[C@@H]1C3[C@@H]4SCC(N)C(=O)OC[C@@H](C5=C6OCOC6=C(C)C(OC(C)=O)C54)N3C(C#N)[C@H](C2)N1C. The first kappa shape index (κ1) is 29.3. The molecule has 1 aromatic carbocycles. The maximum Gasteiger partial charge on any atom is 0.323 e. The number of phenolic OH excluding ortho intramolecular Hbond substituents is 1. The molecule has 7 rings (SSSR count). The molecule has 5 aliphatic heterocycles. The van der Waals surface area contributed by atoms with E-state index in [0.717, 1.165) is 27.8 Å². The van der Waals surface area contributed by atoms with Crippen molar-refractivity contribution in [2.45, 2.75) is 74.8 Å². The van der Waals surface area contributed by atoms with Crippen LogP contribution in [-0.4, -0.2) is 102 Å². The highest BCUT2D eigenvalue weighted by molar-refractivity contribution is 8.00. The van der Waals surface area contributed by atoms with Crippen LogP contribution in [0.25, 0.3) is 0 Å². The number of aromatic hydroxyl groups is 1. The van der Waals surface area contributed by atoms with Gasteiger partial charge in [-0.3, -0.25) is 19.4 Å². The van der Waals surface area contributed by atoms with E-state index in [2.05, 4.69) is 15.9 Å². The van der Waals surface area contributed by atoms with Gasteiger partial charge in [0.2, 0.25) is 6.79 Å². The van der Waals surface area contributed by atoms with E-state index < -0.39 is 42.1 Å². The molecule has 44 heavy (non-hydrogen) atoms. The van der Waals surface area contributed by atoms with Gasteiger partial charge in [0.05, 0.1) is 25.3 Å². The third-order valence-electron chi connectivity index (χ3n) is 10.1. The number of carbonyl (C=O) groups excluding carboxylic acids is 2. The van der Waals surface area contributed by atoms with Crippen LogP contribution >= 0.6 is 11.8 Å². The summed E-state index contributed by atoms with van der Waals surface area (Å²) < 4.78 is 29.6. The van der Waals surface area contributed by atoms with E-state index in [9.17, 15) is 20.0 Å². The number of aryl methyl sites for hydroxylation is 1. The first-order valence-corrected chi connectivity index (χ1v) is 15.8. The molecule has 1 aromatic rings. The molecule has 5 unspecified atom stereocenters. The Hall–Kier alpha value is -3.44. The highest BCUT2D eigenvalue weighted by Crippen LogP contribution is 2.59. The summed E-state index contributed by atoms with van der Waals surface area (Å²) in [5.41, 5.74) is 10.4. The Morgan fingerprint density at radius 3 is 2.70 bits per heavy atom. The van der Waals surface area contributed by atoms with Crippen molar-refractivity contribution in [3.8, 4) is 17.6 Å². The lowest BCUT2D eigenvalue weighted by molar-refractivity contribution is -0.153. The quantitative estimate of drug-likeness (QED) is 0.458. The number of likely N-dealkylation sites (N-methyl/N-ethyl adjacent to an activating group) is 1. The van der Waals surface area contributed by atoms with E-state index in [0.29, 0.717) is 23.7 Å². The molecule has 4 fully saturated rings. The second-order valence-corrected chi connectivity index (χ2v) is 13.6. The molecule has 3 N–H and O–H groups in total. The summed E-state index contributed by atoms with van der Waals surface area (Å²) in [6.07, 6.45) is -0.156. The van der Waals surface area contributed by atoms with Gasteiger partial charge in [-0.15, -0.1) is 0 Å². The van der Waals surface area contributed by atoms with E-state index in [1.807, 2.05) is 27.0 Å². The largest absolute Gasteiger partial charge is 0.504 e.